The molecule has 1 atom stereocenters. The second kappa shape index (κ2) is 8.48. The zero-order valence-corrected chi connectivity index (χ0v) is 19.0. The number of hydrogen-bond acceptors (Lipinski definition) is 5. The van der Waals surface area contributed by atoms with Crippen LogP contribution in [0.3, 0.4) is 0 Å². The number of alkyl halides is 3. The first-order valence-corrected chi connectivity index (χ1v) is 11.0. The zero-order valence-electron chi connectivity index (χ0n) is 19.0. The van der Waals surface area contributed by atoms with Gasteiger partial charge in [0.2, 0.25) is 0 Å². The van der Waals surface area contributed by atoms with Crippen molar-refractivity contribution in [2.24, 2.45) is 0 Å². The summed E-state index contributed by atoms with van der Waals surface area (Å²) < 4.78 is 52.5. The van der Waals surface area contributed by atoms with Crippen LogP contribution < -0.4 is 0 Å². The number of nitrogens with zero attached hydrogens (tertiary/aromatic N) is 4. The molecule has 178 valence electrons. The number of halogens is 3. The molecule has 0 spiro atoms. The summed E-state index contributed by atoms with van der Waals surface area (Å²) in [7, 11) is 0. The minimum Gasteiger partial charge on any atom is -0.323 e. The van der Waals surface area contributed by atoms with Gasteiger partial charge in [0.15, 0.2) is 18.2 Å². The Labute approximate surface area is 199 Å². The van der Waals surface area contributed by atoms with Gasteiger partial charge in [0.25, 0.3) is 0 Å². The van der Waals surface area contributed by atoms with Crippen molar-refractivity contribution >= 4 is 5.65 Å². The number of benzene rings is 2. The monoisotopic (exact) mass is 478 g/mol. The van der Waals surface area contributed by atoms with Crippen LogP contribution in [0.4, 0.5) is 13.2 Å². The van der Waals surface area contributed by atoms with Crippen molar-refractivity contribution in [3.63, 3.8) is 0 Å². The lowest BCUT2D eigenvalue weighted by molar-refractivity contribution is -0.396. The van der Waals surface area contributed by atoms with Crippen LogP contribution in [0.5, 0.6) is 0 Å². The summed E-state index contributed by atoms with van der Waals surface area (Å²) in [6.45, 7) is 3.75. The molecule has 1 fully saturated rings. The normalized spacial score (nSPS) is 19.7. The topological polar surface area (TPSA) is 72.4 Å². The van der Waals surface area contributed by atoms with E-state index in [1.54, 1.807) is 17.6 Å². The van der Waals surface area contributed by atoms with Gasteiger partial charge in [-0.25, -0.2) is 9.50 Å². The third-order valence-electron chi connectivity index (χ3n) is 6.28. The van der Waals surface area contributed by atoms with E-state index in [1.165, 1.54) is 18.3 Å². The predicted octanol–water partition coefficient (Wildman–Crippen LogP) is 5.51. The summed E-state index contributed by atoms with van der Waals surface area (Å²) in [5.41, 5.74) is 1.84. The number of nitriles is 1. The van der Waals surface area contributed by atoms with Gasteiger partial charge in [-0.15, -0.1) is 0 Å². The molecule has 0 saturated carbocycles. The van der Waals surface area contributed by atoms with E-state index in [-0.39, 0.29) is 6.29 Å². The number of ether oxygens (including phenoxy) is 2. The highest BCUT2D eigenvalue weighted by Crippen LogP contribution is 2.41. The third-order valence-corrected chi connectivity index (χ3v) is 6.28. The fraction of sp³-hybridized carbons (Fsp3) is 0.269. The smallest absolute Gasteiger partial charge is 0.323 e. The van der Waals surface area contributed by atoms with E-state index < -0.39 is 23.4 Å². The minimum absolute atomic E-state index is 0.310. The Morgan fingerprint density at radius 2 is 1.71 bits per heavy atom. The average Bonchev–Trinajstić information content (AvgIpc) is 3.25. The predicted molar refractivity (Wildman–Crippen MR) is 121 cm³/mol. The molecule has 2 aromatic carbocycles. The number of fused-ring (bicyclic) bond motifs is 1. The molecule has 1 aliphatic rings. The van der Waals surface area contributed by atoms with E-state index in [1.807, 2.05) is 37.3 Å². The van der Waals surface area contributed by atoms with E-state index in [0.29, 0.717) is 34.5 Å². The van der Waals surface area contributed by atoms with E-state index in [9.17, 15) is 18.4 Å². The van der Waals surface area contributed by atoms with Gasteiger partial charge in [-0.3, -0.25) is 0 Å². The lowest BCUT2D eigenvalue weighted by atomic mass is 9.77. The molecular weight excluding hydrogens is 457 g/mol. The molecule has 35 heavy (non-hydrogen) atoms. The maximum atomic E-state index is 13.0. The van der Waals surface area contributed by atoms with Crippen LogP contribution in [-0.4, -0.2) is 27.2 Å². The van der Waals surface area contributed by atoms with E-state index in [2.05, 4.69) is 16.2 Å². The van der Waals surface area contributed by atoms with Crippen LogP contribution in [0.2, 0.25) is 0 Å². The van der Waals surface area contributed by atoms with Gasteiger partial charge in [0, 0.05) is 11.8 Å². The fourth-order valence-electron chi connectivity index (χ4n) is 4.56. The molecule has 9 heteroatoms. The van der Waals surface area contributed by atoms with Crippen molar-refractivity contribution in [1.82, 2.24) is 14.6 Å². The van der Waals surface area contributed by atoms with Crippen molar-refractivity contribution < 1.29 is 22.6 Å². The second-order valence-electron chi connectivity index (χ2n) is 8.75. The highest BCUT2D eigenvalue weighted by molar-refractivity contribution is 5.77. The standard InChI is InChI=1S/C26H21F3N4O2/c1-16-34-24(35-16)25(2,12-17-6-4-3-5-7-17)22-19(13-30)14-31-23-21(15-32-33(22)23)18-8-10-20(11-9-18)26(27,28)29/h3-11,14-16,24H,12H2,1-2H3. The maximum absolute atomic E-state index is 13.0. The maximum Gasteiger partial charge on any atom is 0.416 e. The molecule has 1 aliphatic heterocycles. The summed E-state index contributed by atoms with van der Waals surface area (Å²) in [6.07, 6.45) is -1.93. The van der Waals surface area contributed by atoms with Crippen LogP contribution in [0.15, 0.2) is 67.0 Å². The Hall–Kier alpha value is -3.74. The molecule has 0 amide bonds. The molecule has 0 bridgehead atoms. The zero-order chi connectivity index (χ0) is 24.8. The molecule has 0 radical (unpaired) electrons. The van der Waals surface area contributed by atoms with Gasteiger partial charge in [-0.1, -0.05) is 42.5 Å². The highest BCUT2D eigenvalue weighted by atomic mass is 19.4. The number of hydrogen-bond donors (Lipinski definition) is 0. The van der Waals surface area contributed by atoms with Crippen LogP contribution in [-0.2, 0) is 27.5 Å². The SMILES string of the molecule is CC1OC(C(C)(Cc2ccccc2)c2c(C#N)cnc3c(-c4ccc(C(F)(F)F)cc4)cnn23)O1. The first-order valence-electron chi connectivity index (χ1n) is 11.0. The van der Waals surface area contributed by atoms with Crippen LogP contribution in [0.25, 0.3) is 16.8 Å². The van der Waals surface area contributed by atoms with Gasteiger partial charge < -0.3 is 9.47 Å². The number of aromatic nitrogens is 3. The van der Waals surface area contributed by atoms with Gasteiger partial charge in [-0.05, 0) is 43.5 Å². The van der Waals surface area contributed by atoms with Gasteiger partial charge in [-0.2, -0.15) is 23.5 Å². The molecule has 5 rings (SSSR count). The average molecular weight is 478 g/mol. The van der Waals surface area contributed by atoms with Crippen molar-refractivity contribution in [3.8, 4) is 17.2 Å². The highest BCUT2D eigenvalue weighted by Gasteiger charge is 2.48. The molecule has 2 aromatic heterocycles. The van der Waals surface area contributed by atoms with Crippen LogP contribution >= 0.6 is 0 Å². The third kappa shape index (κ3) is 4.05. The van der Waals surface area contributed by atoms with Gasteiger partial charge >= 0.3 is 6.18 Å². The minimum atomic E-state index is -4.42. The second-order valence-corrected chi connectivity index (χ2v) is 8.75. The Bertz CT molecular complexity index is 1410. The Morgan fingerprint density at radius 1 is 1.03 bits per heavy atom. The summed E-state index contributed by atoms with van der Waals surface area (Å²) in [5.74, 6) is 0. The van der Waals surface area contributed by atoms with Crippen molar-refractivity contribution in [3.05, 3.63) is 89.4 Å². The largest absolute Gasteiger partial charge is 0.416 e. The summed E-state index contributed by atoms with van der Waals surface area (Å²) >= 11 is 0. The molecule has 1 unspecified atom stereocenters. The summed E-state index contributed by atoms with van der Waals surface area (Å²) in [4.78, 5) is 4.43. The lowest BCUT2D eigenvalue weighted by Gasteiger charge is -2.46. The van der Waals surface area contributed by atoms with E-state index >= 15 is 0 Å². The molecular formula is C26H21F3N4O2. The first-order chi connectivity index (χ1) is 16.7. The molecule has 0 N–H and O–H groups in total. The lowest BCUT2D eigenvalue weighted by Crippen LogP contribution is -2.54. The Kier molecular flexibility index (Phi) is 5.58. The quantitative estimate of drug-likeness (QED) is 0.378. The fourth-order valence-corrected chi connectivity index (χ4v) is 4.56. The van der Waals surface area contributed by atoms with E-state index in [4.69, 9.17) is 9.47 Å². The Balaban J connectivity index is 1.66. The number of rotatable bonds is 5. The van der Waals surface area contributed by atoms with Gasteiger partial charge in [0.05, 0.1) is 28.4 Å². The van der Waals surface area contributed by atoms with Crippen LogP contribution in [0.1, 0.15) is 36.2 Å². The molecule has 0 aliphatic carbocycles. The first kappa shape index (κ1) is 23.0. The van der Waals surface area contributed by atoms with Gasteiger partial charge in [0.1, 0.15) is 6.07 Å². The molecule has 6 nitrogen and oxygen atoms in total. The van der Waals surface area contributed by atoms with Crippen molar-refractivity contribution in [1.29, 1.82) is 5.26 Å². The summed E-state index contributed by atoms with van der Waals surface area (Å²) in [5, 5.41) is 14.5. The molecule has 1 saturated heterocycles. The molecule has 4 aromatic rings. The Morgan fingerprint density at radius 3 is 2.31 bits per heavy atom. The van der Waals surface area contributed by atoms with Crippen LogP contribution in [0, 0.1) is 11.3 Å². The molecule has 3 heterocycles. The van der Waals surface area contributed by atoms with E-state index in [0.717, 1.165) is 17.7 Å². The van der Waals surface area contributed by atoms with Crippen molar-refractivity contribution in [2.45, 2.75) is 44.4 Å². The summed E-state index contributed by atoms with van der Waals surface area (Å²) in [6, 6.07) is 16.8. The van der Waals surface area contributed by atoms with Crippen molar-refractivity contribution in [2.75, 3.05) is 0 Å².